The van der Waals surface area contributed by atoms with Crippen molar-refractivity contribution >= 4 is 49.8 Å². The third kappa shape index (κ3) is 4.33. The predicted octanol–water partition coefficient (Wildman–Crippen LogP) is 13.5. The molecule has 4 heteroatoms. The second kappa shape index (κ2) is 9.84. The molecule has 0 unspecified atom stereocenters. The molecule has 6 aliphatic carbocycles. The van der Waals surface area contributed by atoms with Gasteiger partial charge in [-0.15, -0.1) is 0 Å². The molecule has 0 N–H and O–H groups in total. The molecule has 0 fully saturated rings. The average Bonchev–Trinajstić information content (AvgIpc) is 2.97. The molecule has 0 heterocycles. The van der Waals surface area contributed by atoms with Crippen molar-refractivity contribution < 1.29 is 0 Å². The summed E-state index contributed by atoms with van der Waals surface area (Å²) in [5.41, 5.74) is 19.6. The molecule has 256 valence electrons. The SMILES string of the molecule is CC1(C)CCC(C)(C)c2cc3c(cc21)C1c2cc4c(cc2C3([Si](Br)(Br)Br)c2cc3c(cc21)C(C)(C)CCC3(C)C)C(C)(C)CCC4(C)C. The maximum Gasteiger partial charge on any atom is 0.285 e. The molecule has 0 aliphatic heterocycles. The van der Waals surface area contributed by atoms with Gasteiger partial charge in [0.25, 0.3) is 3.93 Å². The Balaban J connectivity index is 1.58. The zero-order valence-electron chi connectivity index (χ0n) is 31.4. The minimum Gasteiger partial charge on any atom is -0.0948 e. The van der Waals surface area contributed by atoms with E-state index in [-0.39, 0.29) is 43.4 Å². The van der Waals surface area contributed by atoms with E-state index in [0.29, 0.717) is 0 Å². The first kappa shape index (κ1) is 34.4. The molecule has 6 aliphatic rings. The van der Waals surface area contributed by atoms with E-state index in [1.165, 1.54) is 55.2 Å². The van der Waals surface area contributed by atoms with Gasteiger partial charge in [0, 0.05) is 5.92 Å². The molecule has 0 atom stereocenters. The third-order valence-corrected chi connectivity index (χ3v) is 21.7. The van der Waals surface area contributed by atoms with Crippen LogP contribution in [0.4, 0.5) is 0 Å². The van der Waals surface area contributed by atoms with Crippen molar-refractivity contribution in [3.05, 3.63) is 103 Å². The summed E-state index contributed by atoms with van der Waals surface area (Å²) in [7, 11) is 0. The summed E-state index contributed by atoms with van der Waals surface area (Å²) >= 11 is 13.5. The summed E-state index contributed by atoms with van der Waals surface area (Å²) in [6.07, 6.45) is 7.37. The van der Waals surface area contributed by atoms with E-state index >= 15 is 0 Å². The Hall–Kier alpha value is -0.683. The average molecular weight is 852 g/mol. The van der Waals surface area contributed by atoms with Gasteiger partial charge in [0.15, 0.2) is 0 Å². The minimum atomic E-state index is -2.57. The Kier molecular flexibility index (Phi) is 7.05. The number of fused-ring (bicyclic) bond motifs is 3. The Morgan fingerprint density at radius 1 is 0.375 bits per heavy atom. The summed E-state index contributed by atoms with van der Waals surface area (Å²) in [5.74, 6) is 0.235. The largest absolute Gasteiger partial charge is 0.285 e. The zero-order chi connectivity index (χ0) is 35.0. The van der Waals surface area contributed by atoms with Crippen LogP contribution in [0.5, 0.6) is 0 Å². The lowest BCUT2D eigenvalue weighted by atomic mass is 9.53. The van der Waals surface area contributed by atoms with Crippen molar-refractivity contribution in [1.82, 2.24) is 0 Å². The highest BCUT2D eigenvalue weighted by atomic mass is 80.0. The van der Waals surface area contributed by atoms with Gasteiger partial charge in [0.2, 0.25) is 0 Å². The molecule has 0 spiro atoms. The molecule has 0 radical (unpaired) electrons. The molecule has 2 bridgehead atoms. The summed E-state index contributed by atoms with van der Waals surface area (Å²) in [6, 6.07) is 16.3. The second-order valence-electron chi connectivity index (χ2n) is 20.4. The number of hydrogen-bond donors (Lipinski definition) is 0. The van der Waals surface area contributed by atoms with Crippen LogP contribution in [0, 0.1) is 0 Å². The Morgan fingerprint density at radius 2 is 0.583 bits per heavy atom. The summed E-state index contributed by atoms with van der Waals surface area (Å²) in [5, 5.41) is -0.339. The van der Waals surface area contributed by atoms with E-state index in [4.69, 9.17) is 0 Å². The smallest absolute Gasteiger partial charge is 0.0948 e. The van der Waals surface area contributed by atoms with E-state index in [9.17, 15) is 0 Å². The fourth-order valence-corrected chi connectivity index (χ4v) is 18.3. The van der Waals surface area contributed by atoms with E-state index < -0.39 is 3.93 Å². The Labute approximate surface area is 315 Å². The molecule has 0 saturated carbocycles. The van der Waals surface area contributed by atoms with E-state index in [1.54, 1.807) is 50.1 Å². The van der Waals surface area contributed by atoms with Gasteiger partial charge >= 0.3 is 0 Å². The van der Waals surface area contributed by atoms with Crippen molar-refractivity contribution in [2.45, 2.75) is 165 Å². The fourth-order valence-electron chi connectivity index (χ4n) is 11.0. The maximum atomic E-state index is 4.51. The first-order valence-electron chi connectivity index (χ1n) is 18.5. The van der Waals surface area contributed by atoms with Gasteiger partial charge in [0.05, 0.1) is 5.04 Å². The van der Waals surface area contributed by atoms with Crippen molar-refractivity contribution in [3.8, 4) is 0 Å². The van der Waals surface area contributed by atoms with E-state index in [0.717, 1.165) is 0 Å². The highest BCUT2D eigenvalue weighted by molar-refractivity contribution is 9.72. The van der Waals surface area contributed by atoms with E-state index in [2.05, 4.69) is 165 Å². The second-order valence-corrected chi connectivity index (χ2v) is 42.5. The number of rotatable bonds is 1. The number of benzene rings is 3. The normalized spacial score (nSPS) is 28.7. The highest BCUT2D eigenvalue weighted by Gasteiger charge is 2.64. The lowest BCUT2D eigenvalue weighted by Crippen LogP contribution is -2.54. The van der Waals surface area contributed by atoms with Crippen molar-refractivity contribution in [3.63, 3.8) is 0 Å². The van der Waals surface area contributed by atoms with Crippen LogP contribution in [-0.4, -0.2) is 3.93 Å². The van der Waals surface area contributed by atoms with Crippen LogP contribution in [0.2, 0.25) is 0 Å². The predicted molar refractivity (Wildman–Crippen MR) is 219 cm³/mol. The molecule has 0 saturated heterocycles. The first-order valence-corrected chi connectivity index (χ1v) is 27.3. The van der Waals surface area contributed by atoms with Gasteiger partial charge in [-0.1, -0.05) is 165 Å². The monoisotopic (exact) mass is 848 g/mol. The molecule has 48 heavy (non-hydrogen) atoms. The van der Waals surface area contributed by atoms with Gasteiger partial charge in [-0.05, 0) is 138 Å². The van der Waals surface area contributed by atoms with Crippen LogP contribution in [0.15, 0.2) is 36.4 Å². The Morgan fingerprint density at radius 3 is 0.792 bits per heavy atom. The molecule has 0 nitrogen and oxygen atoms in total. The van der Waals surface area contributed by atoms with Crippen molar-refractivity contribution in [2.75, 3.05) is 0 Å². The zero-order valence-corrected chi connectivity index (χ0v) is 37.2. The summed E-state index contributed by atoms with van der Waals surface area (Å²) in [4.78, 5) is 0. The van der Waals surface area contributed by atoms with Gasteiger partial charge in [-0.25, -0.2) is 0 Å². The lowest BCUT2D eigenvalue weighted by molar-refractivity contribution is 0.328. The fraction of sp³-hybridized carbons (Fsp3) is 0.591. The molecule has 0 amide bonds. The van der Waals surface area contributed by atoms with Crippen LogP contribution >= 0.6 is 45.9 Å². The van der Waals surface area contributed by atoms with Crippen LogP contribution < -0.4 is 0 Å². The van der Waals surface area contributed by atoms with Crippen LogP contribution in [0.3, 0.4) is 0 Å². The van der Waals surface area contributed by atoms with Crippen molar-refractivity contribution in [2.24, 2.45) is 0 Å². The quantitative estimate of drug-likeness (QED) is 0.169. The highest BCUT2D eigenvalue weighted by Crippen LogP contribution is 2.69. The van der Waals surface area contributed by atoms with Gasteiger partial charge < -0.3 is 0 Å². The lowest BCUT2D eigenvalue weighted by Gasteiger charge is -2.57. The standard InChI is InChI=1S/C44H55Br3Si/c1-38(2)13-16-41(7,8)34-22-28-25(19-31(34)38)37-26-20-32-35(42(9,10)17-14-39(32,3)4)23-29(26)44(28,48(45,46)47)30-24-36-33(21-27(30)37)40(5,6)15-18-43(36,11)12/h19-24,37H,13-18H2,1-12H3. The minimum absolute atomic E-state index is 0.141. The molecular formula is C44H55Br3Si. The molecular weight excluding hydrogens is 796 g/mol. The van der Waals surface area contributed by atoms with Gasteiger partial charge in [0.1, 0.15) is 0 Å². The van der Waals surface area contributed by atoms with Gasteiger partial charge in [-0.2, -0.15) is 0 Å². The maximum absolute atomic E-state index is 4.51. The van der Waals surface area contributed by atoms with Crippen LogP contribution in [0.1, 0.15) is 194 Å². The molecule has 3 aromatic rings. The molecule has 3 aromatic carbocycles. The van der Waals surface area contributed by atoms with Gasteiger partial charge in [-0.3, -0.25) is 0 Å². The number of hydrogen-bond acceptors (Lipinski definition) is 0. The summed E-state index contributed by atoms with van der Waals surface area (Å²) in [6.45, 7) is 29.9. The number of halogens is 3. The first-order chi connectivity index (χ1) is 21.9. The van der Waals surface area contributed by atoms with Crippen molar-refractivity contribution in [1.29, 1.82) is 0 Å². The topological polar surface area (TPSA) is 0 Å². The summed E-state index contributed by atoms with van der Waals surface area (Å²) < 4.78 is -2.57. The van der Waals surface area contributed by atoms with E-state index in [1.807, 2.05) is 0 Å². The third-order valence-electron chi connectivity index (χ3n) is 14.6. The molecule has 9 rings (SSSR count). The van der Waals surface area contributed by atoms with Crippen LogP contribution in [0.25, 0.3) is 0 Å². The molecule has 0 aromatic heterocycles. The Bertz CT molecular complexity index is 1720. The van der Waals surface area contributed by atoms with Crippen LogP contribution in [-0.2, 0) is 37.5 Å².